The number of benzene rings is 2. The lowest BCUT2D eigenvalue weighted by Crippen LogP contribution is -2.13. The van der Waals surface area contributed by atoms with Gasteiger partial charge in [-0.3, -0.25) is 0 Å². The van der Waals surface area contributed by atoms with Crippen molar-refractivity contribution in [2.75, 3.05) is 7.05 Å². The highest BCUT2D eigenvalue weighted by Crippen LogP contribution is 2.33. The fourth-order valence-electron chi connectivity index (χ4n) is 1.89. The van der Waals surface area contributed by atoms with Crippen LogP contribution in [-0.4, -0.2) is 7.05 Å². The van der Waals surface area contributed by atoms with Crippen molar-refractivity contribution in [1.29, 1.82) is 0 Å². The quantitative estimate of drug-likeness (QED) is 0.872. The molecule has 2 rings (SSSR count). The molecule has 2 aromatic rings. The molecule has 0 aliphatic carbocycles. The summed E-state index contributed by atoms with van der Waals surface area (Å²) >= 11 is 6.20. The van der Waals surface area contributed by atoms with E-state index in [1.807, 2.05) is 50.4 Å². The fourth-order valence-corrected chi connectivity index (χ4v) is 2.17. The second-order valence-electron chi connectivity index (χ2n) is 4.58. The molecule has 1 unspecified atom stereocenters. The lowest BCUT2D eigenvalue weighted by Gasteiger charge is -2.16. The van der Waals surface area contributed by atoms with Gasteiger partial charge in [0.1, 0.15) is 11.5 Å². The minimum atomic E-state index is 0.223. The molecule has 0 fully saturated rings. The number of hydrogen-bond donors (Lipinski definition) is 1. The molecule has 0 aliphatic heterocycles. The summed E-state index contributed by atoms with van der Waals surface area (Å²) in [6.45, 7) is 4.10. The van der Waals surface area contributed by atoms with Gasteiger partial charge in [0.15, 0.2) is 0 Å². The summed E-state index contributed by atoms with van der Waals surface area (Å²) in [7, 11) is 1.93. The summed E-state index contributed by atoms with van der Waals surface area (Å²) in [5.74, 6) is 1.51. The zero-order chi connectivity index (χ0) is 13.8. The number of aryl methyl sites for hydroxylation is 1. The van der Waals surface area contributed by atoms with E-state index in [9.17, 15) is 0 Å². The van der Waals surface area contributed by atoms with Crippen LogP contribution in [0.25, 0.3) is 0 Å². The topological polar surface area (TPSA) is 21.3 Å². The summed E-state index contributed by atoms with van der Waals surface area (Å²) in [4.78, 5) is 0. The third kappa shape index (κ3) is 3.28. The van der Waals surface area contributed by atoms with Crippen molar-refractivity contribution in [3.8, 4) is 11.5 Å². The monoisotopic (exact) mass is 275 g/mol. The predicted molar refractivity (Wildman–Crippen MR) is 80.2 cm³/mol. The number of para-hydroxylation sites is 1. The molecule has 0 aromatic heterocycles. The van der Waals surface area contributed by atoms with Gasteiger partial charge in [0.2, 0.25) is 0 Å². The normalized spacial score (nSPS) is 12.2. The second-order valence-corrected chi connectivity index (χ2v) is 4.99. The standard InChI is InChI=1S/C16H18ClNO/c1-11-8-9-16(14(17)10-11)19-15-7-5-4-6-13(15)12(2)18-3/h4-10,12,18H,1-3H3. The molecule has 0 radical (unpaired) electrons. The summed E-state index contributed by atoms with van der Waals surface area (Å²) in [5, 5.41) is 3.85. The molecule has 1 N–H and O–H groups in total. The first-order chi connectivity index (χ1) is 9.11. The Bertz CT molecular complexity index is 568. The van der Waals surface area contributed by atoms with Gasteiger partial charge in [0.05, 0.1) is 5.02 Å². The average molecular weight is 276 g/mol. The van der Waals surface area contributed by atoms with E-state index in [0.29, 0.717) is 10.8 Å². The first-order valence-corrected chi connectivity index (χ1v) is 6.70. The molecule has 100 valence electrons. The second kappa shape index (κ2) is 6.09. The van der Waals surface area contributed by atoms with Crippen molar-refractivity contribution in [3.05, 3.63) is 58.6 Å². The van der Waals surface area contributed by atoms with Crippen LogP contribution in [0.3, 0.4) is 0 Å². The molecule has 2 aromatic carbocycles. The van der Waals surface area contributed by atoms with Gasteiger partial charge >= 0.3 is 0 Å². The van der Waals surface area contributed by atoms with Crippen LogP contribution in [0.5, 0.6) is 11.5 Å². The summed E-state index contributed by atoms with van der Waals surface area (Å²) in [6.07, 6.45) is 0. The maximum atomic E-state index is 6.20. The minimum Gasteiger partial charge on any atom is -0.455 e. The highest BCUT2D eigenvalue weighted by Gasteiger charge is 2.11. The summed E-state index contributed by atoms with van der Waals surface area (Å²) < 4.78 is 5.95. The molecule has 3 heteroatoms. The Balaban J connectivity index is 2.33. The van der Waals surface area contributed by atoms with Gasteiger partial charge in [-0.1, -0.05) is 35.9 Å². The van der Waals surface area contributed by atoms with E-state index >= 15 is 0 Å². The van der Waals surface area contributed by atoms with E-state index in [-0.39, 0.29) is 6.04 Å². The van der Waals surface area contributed by atoms with E-state index in [1.54, 1.807) is 0 Å². The van der Waals surface area contributed by atoms with Crippen LogP contribution in [0.2, 0.25) is 5.02 Å². The van der Waals surface area contributed by atoms with E-state index in [0.717, 1.165) is 16.9 Å². The number of ether oxygens (including phenoxy) is 1. The van der Waals surface area contributed by atoms with Gasteiger partial charge in [-0.2, -0.15) is 0 Å². The van der Waals surface area contributed by atoms with Crippen LogP contribution in [0.15, 0.2) is 42.5 Å². The summed E-state index contributed by atoms with van der Waals surface area (Å²) in [5.41, 5.74) is 2.23. The van der Waals surface area contributed by atoms with Crippen LogP contribution in [0.1, 0.15) is 24.1 Å². The lowest BCUT2D eigenvalue weighted by molar-refractivity contribution is 0.466. The van der Waals surface area contributed by atoms with Crippen molar-refractivity contribution in [2.24, 2.45) is 0 Å². The van der Waals surface area contributed by atoms with E-state index in [1.165, 1.54) is 0 Å². The van der Waals surface area contributed by atoms with Gasteiger partial charge in [0.25, 0.3) is 0 Å². The van der Waals surface area contributed by atoms with Crippen LogP contribution < -0.4 is 10.1 Å². The Morgan fingerprint density at radius 3 is 2.53 bits per heavy atom. The molecule has 0 saturated heterocycles. The summed E-state index contributed by atoms with van der Waals surface area (Å²) in [6, 6.07) is 14.0. The molecule has 0 heterocycles. The number of hydrogen-bond acceptors (Lipinski definition) is 2. The van der Waals surface area contributed by atoms with Gasteiger partial charge in [-0.25, -0.2) is 0 Å². The van der Waals surface area contributed by atoms with Crippen molar-refractivity contribution in [1.82, 2.24) is 5.32 Å². The molecule has 0 bridgehead atoms. The lowest BCUT2D eigenvalue weighted by atomic mass is 10.1. The molecule has 2 nitrogen and oxygen atoms in total. The maximum Gasteiger partial charge on any atom is 0.146 e. The van der Waals surface area contributed by atoms with Gasteiger partial charge < -0.3 is 10.1 Å². The Kier molecular flexibility index (Phi) is 4.46. The Labute approximate surface area is 119 Å². The van der Waals surface area contributed by atoms with Crippen molar-refractivity contribution < 1.29 is 4.74 Å². The van der Waals surface area contributed by atoms with E-state index in [4.69, 9.17) is 16.3 Å². The van der Waals surface area contributed by atoms with E-state index < -0.39 is 0 Å². The van der Waals surface area contributed by atoms with Crippen molar-refractivity contribution >= 4 is 11.6 Å². The molecule has 19 heavy (non-hydrogen) atoms. The Morgan fingerprint density at radius 1 is 1.11 bits per heavy atom. The predicted octanol–water partition coefficient (Wildman–Crippen LogP) is 4.72. The molecule has 0 saturated carbocycles. The minimum absolute atomic E-state index is 0.223. The van der Waals surface area contributed by atoms with Crippen LogP contribution >= 0.6 is 11.6 Å². The molecule has 0 amide bonds. The van der Waals surface area contributed by atoms with Gasteiger partial charge in [-0.15, -0.1) is 0 Å². The van der Waals surface area contributed by atoms with Gasteiger partial charge in [0, 0.05) is 11.6 Å². The Morgan fingerprint density at radius 2 is 1.84 bits per heavy atom. The number of rotatable bonds is 4. The SMILES string of the molecule is CNC(C)c1ccccc1Oc1ccc(C)cc1Cl. The average Bonchev–Trinajstić information content (AvgIpc) is 2.41. The molecule has 0 spiro atoms. The molecular weight excluding hydrogens is 258 g/mol. The zero-order valence-electron chi connectivity index (χ0n) is 11.4. The molecule has 1 atom stereocenters. The van der Waals surface area contributed by atoms with E-state index in [2.05, 4.69) is 18.3 Å². The zero-order valence-corrected chi connectivity index (χ0v) is 12.2. The maximum absolute atomic E-state index is 6.20. The smallest absolute Gasteiger partial charge is 0.146 e. The fraction of sp³-hybridized carbons (Fsp3) is 0.250. The van der Waals surface area contributed by atoms with Crippen molar-refractivity contribution in [2.45, 2.75) is 19.9 Å². The van der Waals surface area contributed by atoms with Crippen LogP contribution in [-0.2, 0) is 0 Å². The Hall–Kier alpha value is -1.51. The third-order valence-electron chi connectivity index (χ3n) is 3.13. The van der Waals surface area contributed by atoms with Crippen LogP contribution in [0.4, 0.5) is 0 Å². The largest absolute Gasteiger partial charge is 0.455 e. The van der Waals surface area contributed by atoms with Crippen LogP contribution in [0, 0.1) is 6.92 Å². The van der Waals surface area contributed by atoms with Crippen molar-refractivity contribution in [3.63, 3.8) is 0 Å². The molecule has 0 aliphatic rings. The first kappa shape index (κ1) is 13.9. The first-order valence-electron chi connectivity index (χ1n) is 6.32. The highest BCUT2D eigenvalue weighted by atomic mass is 35.5. The number of nitrogens with one attached hydrogen (secondary N) is 1. The third-order valence-corrected chi connectivity index (χ3v) is 3.42. The highest BCUT2D eigenvalue weighted by molar-refractivity contribution is 6.32. The number of halogens is 1. The van der Waals surface area contributed by atoms with Gasteiger partial charge in [-0.05, 0) is 44.7 Å². The molecular formula is C16H18ClNO.